The molecule has 0 amide bonds. The lowest BCUT2D eigenvalue weighted by Gasteiger charge is -2.15. The third-order valence-electron chi connectivity index (χ3n) is 15.1. The molecule has 0 bridgehead atoms. The molecule has 0 aromatic heterocycles. The van der Waals surface area contributed by atoms with Crippen LogP contribution in [0.1, 0.15) is 335 Å². The van der Waals surface area contributed by atoms with Crippen LogP contribution in [-0.4, -0.2) is 36.4 Å². The van der Waals surface area contributed by atoms with E-state index in [9.17, 15) is 14.7 Å². The van der Waals surface area contributed by atoms with Crippen molar-refractivity contribution in [3.63, 3.8) is 0 Å². The van der Waals surface area contributed by atoms with E-state index in [1.807, 2.05) is 0 Å². The number of carbonyl (C=O) groups is 2. The van der Waals surface area contributed by atoms with E-state index in [4.69, 9.17) is 9.47 Å². The van der Waals surface area contributed by atoms with Crippen LogP contribution in [0.2, 0.25) is 0 Å². The number of hydrogen-bond donors (Lipinski definition) is 1. The first-order valence-electron chi connectivity index (χ1n) is 34.4. The summed E-state index contributed by atoms with van der Waals surface area (Å²) in [6, 6.07) is 0. The molecule has 0 heterocycles. The standard InChI is InChI=1S/C75H130O5/c1-3-5-7-9-11-13-15-17-19-21-23-25-27-29-31-33-34-35-36-37-38-39-40-42-44-46-48-50-52-54-56-58-60-62-64-66-68-70-75(78)80-73(71-76)72-79-74(77)69-67-65-63-61-59-57-55-53-51-49-47-45-43-41-32-30-28-26-24-22-20-18-16-14-12-10-8-6-4-2/h5-8,11-14,17-20,23-26,29,31,73,76H,3-4,9-10,15-16,21-22,27-28,30,32-72H2,1-2H3/b7-5-,8-6-,13-11-,14-12-,19-17-,20-18-,25-23-,26-24-,31-29-. The minimum atomic E-state index is -0.776. The largest absolute Gasteiger partial charge is 0.462 e. The molecule has 0 aliphatic carbocycles. The van der Waals surface area contributed by atoms with E-state index in [0.29, 0.717) is 12.8 Å². The first-order chi connectivity index (χ1) is 39.6. The highest BCUT2D eigenvalue weighted by atomic mass is 16.6. The molecule has 1 N–H and O–H groups in total. The van der Waals surface area contributed by atoms with Gasteiger partial charge in [0.25, 0.3) is 0 Å². The second kappa shape index (κ2) is 69.8. The van der Waals surface area contributed by atoms with Gasteiger partial charge in [-0.3, -0.25) is 9.59 Å². The van der Waals surface area contributed by atoms with Crippen molar-refractivity contribution in [2.24, 2.45) is 0 Å². The lowest BCUT2D eigenvalue weighted by atomic mass is 10.0. The predicted molar refractivity (Wildman–Crippen MR) is 352 cm³/mol. The number of aliphatic hydroxyl groups is 1. The third kappa shape index (κ3) is 67.1. The molecular weight excluding hydrogens is 981 g/mol. The van der Waals surface area contributed by atoms with Gasteiger partial charge >= 0.3 is 11.9 Å². The number of hydrogen-bond acceptors (Lipinski definition) is 5. The molecule has 0 saturated heterocycles. The molecule has 0 rings (SSSR count). The molecule has 0 saturated carbocycles. The van der Waals surface area contributed by atoms with E-state index < -0.39 is 6.10 Å². The average molecular weight is 1110 g/mol. The van der Waals surface area contributed by atoms with Gasteiger partial charge < -0.3 is 14.6 Å². The minimum Gasteiger partial charge on any atom is -0.462 e. The predicted octanol–water partition coefficient (Wildman–Crippen LogP) is 24.0. The zero-order valence-corrected chi connectivity index (χ0v) is 52.8. The highest BCUT2D eigenvalue weighted by Crippen LogP contribution is 2.18. The molecular formula is C75H130O5. The van der Waals surface area contributed by atoms with Gasteiger partial charge in [-0.2, -0.15) is 0 Å². The summed E-state index contributed by atoms with van der Waals surface area (Å²) in [6.45, 7) is 3.95. The van der Waals surface area contributed by atoms with Crippen molar-refractivity contribution in [1.82, 2.24) is 0 Å². The van der Waals surface area contributed by atoms with E-state index in [2.05, 4.69) is 123 Å². The first kappa shape index (κ1) is 76.6. The van der Waals surface area contributed by atoms with Gasteiger partial charge in [0, 0.05) is 12.8 Å². The van der Waals surface area contributed by atoms with Crippen LogP contribution in [0, 0.1) is 0 Å². The molecule has 1 unspecified atom stereocenters. The molecule has 0 fully saturated rings. The molecule has 0 aromatic rings. The Morgan fingerprint density at radius 2 is 0.500 bits per heavy atom. The monoisotopic (exact) mass is 1110 g/mol. The summed E-state index contributed by atoms with van der Waals surface area (Å²) < 4.78 is 10.8. The number of rotatable bonds is 63. The first-order valence-corrected chi connectivity index (χ1v) is 34.4. The molecule has 0 spiro atoms. The fourth-order valence-electron chi connectivity index (χ4n) is 9.99. The SMILES string of the molecule is CC/C=C\C/C=C\C/C=C\C/C=C\C/C=C\CCCCCCCCCCCCCCCCCCCCCCCC(=O)OC(CO)COC(=O)CCCCCCCCCCCCCCCCCC/C=C\C/C=C\C/C=C\C/C=C\CC. The summed E-state index contributed by atoms with van der Waals surface area (Å²) in [6.07, 6.45) is 101. The van der Waals surface area contributed by atoms with E-state index in [1.54, 1.807) is 0 Å². The van der Waals surface area contributed by atoms with Crippen molar-refractivity contribution < 1.29 is 24.2 Å². The number of esters is 2. The van der Waals surface area contributed by atoms with Gasteiger partial charge in [-0.05, 0) is 96.3 Å². The second-order valence-electron chi connectivity index (χ2n) is 22.8. The van der Waals surface area contributed by atoms with Crippen LogP contribution in [0.5, 0.6) is 0 Å². The molecule has 1 atom stereocenters. The minimum absolute atomic E-state index is 0.0654. The molecule has 0 aliphatic heterocycles. The Morgan fingerprint density at radius 3 is 0.750 bits per heavy atom. The van der Waals surface area contributed by atoms with Crippen molar-refractivity contribution in [3.8, 4) is 0 Å². The van der Waals surface area contributed by atoms with Crippen molar-refractivity contribution in [1.29, 1.82) is 0 Å². The summed E-state index contributed by atoms with van der Waals surface area (Å²) in [5, 5.41) is 9.70. The maximum atomic E-state index is 12.4. The van der Waals surface area contributed by atoms with E-state index >= 15 is 0 Å². The van der Waals surface area contributed by atoms with Gasteiger partial charge in [-0.1, -0.05) is 335 Å². The normalized spacial score (nSPS) is 12.9. The van der Waals surface area contributed by atoms with Crippen LogP contribution in [0.25, 0.3) is 0 Å². The lowest BCUT2D eigenvalue weighted by molar-refractivity contribution is -0.161. The molecule has 80 heavy (non-hydrogen) atoms. The highest BCUT2D eigenvalue weighted by Gasteiger charge is 2.16. The van der Waals surface area contributed by atoms with Crippen LogP contribution in [0.3, 0.4) is 0 Å². The molecule has 460 valence electrons. The van der Waals surface area contributed by atoms with Crippen molar-refractivity contribution >= 4 is 11.9 Å². The smallest absolute Gasteiger partial charge is 0.306 e. The molecule has 5 nitrogen and oxygen atoms in total. The summed E-state index contributed by atoms with van der Waals surface area (Å²) in [5.41, 5.74) is 0. The van der Waals surface area contributed by atoms with Crippen LogP contribution >= 0.6 is 0 Å². The highest BCUT2D eigenvalue weighted by molar-refractivity contribution is 5.70. The topological polar surface area (TPSA) is 72.8 Å². The summed E-state index contributed by atoms with van der Waals surface area (Å²) >= 11 is 0. The van der Waals surface area contributed by atoms with Crippen LogP contribution < -0.4 is 0 Å². The summed E-state index contributed by atoms with van der Waals surface area (Å²) in [4.78, 5) is 24.7. The Kier molecular flexibility index (Phi) is 66.8. The van der Waals surface area contributed by atoms with E-state index in [0.717, 1.165) is 96.3 Å². The Balaban J connectivity index is 3.43. The number of aliphatic hydroxyl groups excluding tert-OH is 1. The molecule has 5 heteroatoms. The zero-order valence-electron chi connectivity index (χ0n) is 52.8. The molecule has 0 radical (unpaired) electrons. The Morgan fingerprint density at radius 1 is 0.287 bits per heavy atom. The van der Waals surface area contributed by atoms with E-state index in [1.165, 1.54) is 212 Å². The third-order valence-corrected chi connectivity index (χ3v) is 15.1. The molecule has 0 aromatic carbocycles. The van der Waals surface area contributed by atoms with Gasteiger partial charge in [0.1, 0.15) is 6.61 Å². The lowest BCUT2D eigenvalue weighted by Crippen LogP contribution is -2.28. The van der Waals surface area contributed by atoms with Gasteiger partial charge in [0.15, 0.2) is 6.10 Å². The van der Waals surface area contributed by atoms with Crippen molar-refractivity contribution in [2.45, 2.75) is 341 Å². The fraction of sp³-hybridized carbons (Fsp3) is 0.733. The number of allylic oxidation sites excluding steroid dienone is 18. The van der Waals surface area contributed by atoms with Gasteiger partial charge in [0.05, 0.1) is 6.61 Å². The Labute approximate surface area is 497 Å². The van der Waals surface area contributed by atoms with E-state index in [-0.39, 0.29) is 25.2 Å². The number of carbonyl (C=O) groups excluding carboxylic acids is 2. The van der Waals surface area contributed by atoms with Gasteiger partial charge in [0.2, 0.25) is 0 Å². The summed E-state index contributed by atoms with van der Waals surface area (Å²) in [5.74, 6) is -0.577. The fourth-order valence-corrected chi connectivity index (χ4v) is 9.99. The maximum absolute atomic E-state index is 12.4. The number of ether oxygens (including phenoxy) is 2. The Bertz CT molecular complexity index is 1540. The number of unbranched alkanes of at least 4 members (excludes halogenated alkanes) is 37. The molecule has 0 aliphatic rings. The maximum Gasteiger partial charge on any atom is 0.306 e. The quantitative estimate of drug-likeness (QED) is 0.0373. The van der Waals surface area contributed by atoms with Gasteiger partial charge in [-0.15, -0.1) is 0 Å². The van der Waals surface area contributed by atoms with Crippen LogP contribution in [0.15, 0.2) is 109 Å². The average Bonchev–Trinajstić information content (AvgIpc) is 3.46. The van der Waals surface area contributed by atoms with Crippen LogP contribution in [0.4, 0.5) is 0 Å². The summed E-state index contributed by atoms with van der Waals surface area (Å²) in [7, 11) is 0. The second-order valence-corrected chi connectivity index (χ2v) is 22.8. The van der Waals surface area contributed by atoms with Crippen molar-refractivity contribution in [2.75, 3.05) is 13.2 Å². The van der Waals surface area contributed by atoms with Crippen LogP contribution in [-0.2, 0) is 19.1 Å². The van der Waals surface area contributed by atoms with Crippen molar-refractivity contribution in [3.05, 3.63) is 109 Å². The van der Waals surface area contributed by atoms with Gasteiger partial charge in [-0.25, -0.2) is 0 Å². The zero-order chi connectivity index (χ0) is 57.6. The Hall–Kier alpha value is -3.44.